The third-order valence-corrected chi connectivity index (χ3v) is 5.19. The van der Waals surface area contributed by atoms with Crippen LogP contribution in [0.4, 0.5) is 0 Å². The molecule has 2 N–H and O–H groups in total. The molecule has 28 heavy (non-hydrogen) atoms. The fraction of sp³-hybridized carbons (Fsp3) is 0.750. The van der Waals surface area contributed by atoms with Gasteiger partial charge >= 0.3 is 0 Å². The molecule has 4 heteroatoms. The number of aliphatic hydroxyl groups is 1. The summed E-state index contributed by atoms with van der Waals surface area (Å²) in [5, 5.41) is 9.97. The van der Waals surface area contributed by atoms with E-state index in [2.05, 4.69) is 32.2 Å². The summed E-state index contributed by atoms with van der Waals surface area (Å²) < 4.78 is 0. The molecule has 0 saturated heterocycles. The van der Waals surface area contributed by atoms with E-state index in [1.165, 1.54) is 6.42 Å². The van der Waals surface area contributed by atoms with Gasteiger partial charge in [-0.1, -0.05) is 71.8 Å². The van der Waals surface area contributed by atoms with Gasteiger partial charge in [0, 0.05) is 13.0 Å². The zero-order chi connectivity index (χ0) is 21.9. The Morgan fingerprint density at radius 2 is 1.71 bits per heavy atom. The van der Waals surface area contributed by atoms with Crippen molar-refractivity contribution in [3.8, 4) is 0 Å². The summed E-state index contributed by atoms with van der Waals surface area (Å²) in [6, 6.07) is -0.382. The maximum atomic E-state index is 12.5. The third-order valence-electron chi connectivity index (χ3n) is 5.19. The first-order chi connectivity index (χ1) is 13.5. The number of carbonyl (C=O) groups is 2. The summed E-state index contributed by atoms with van der Waals surface area (Å²) in [6.07, 6.45) is 14.9. The second kappa shape index (κ2) is 18.9. The van der Waals surface area contributed by atoms with Crippen molar-refractivity contribution < 1.29 is 14.7 Å². The number of hydrogen-bond acceptors (Lipinski definition) is 3. The minimum Gasteiger partial charge on any atom is -0.400 e. The van der Waals surface area contributed by atoms with Crippen LogP contribution in [0.3, 0.4) is 0 Å². The Hall–Kier alpha value is -1.42. The van der Waals surface area contributed by atoms with Crippen molar-refractivity contribution in [2.75, 3.05) is 7.11 Å². The molecule has 4 atom stereocenters. The van der Waals surface area contributed by atoms with E-state index in [1.807, 2.05) is 39.0 Å². The van der Waals surface area contributed by atoms with Gasteiger partial charge in [0.05, 0.1) is 6.04 Å². The lowest BCUT2D eigenvalue weighted by Crippen LogP contribution is -2.40. The van der Waals surface area contributed by atoms with E-state index in [9.17, 15) is 9.59 Å². The lowest BCUT2D eigenvalue weighted by molar-refractivity contribution is -0.128. The van der Waals surface area contributed by atoms with Crippen LogP contribution in [0.15, 0.2) is 24.3 Å². The number of amides is 1. The van der Waals surface area contributed by atoms with E-state index in [4.69, 9.17) is 5.11 Å². The van der Waals surface area contributed by atoms with Crippen LogP contribution in [0.2, 0.25) is 0 Å². The molecule has 0 heterocycles. The topological polar surface area (TPSA) is 66.4 Å². The molecular weight excluding hydrogens is 350 g/mol. The molecule has 0 aliphatic heterocycles. The molecule has 0 bridgehead atoms. The Morgan fingerprint density at radius 1 is 1.07 bits per heavy atom. The Morgan fingerprint density at radius 3 is 2.25 bits per heavy atom. The van der Waals surface area contributed by atoms with Gasteiger partial charge < -0.3 is 15.2 Å². The average molecular weight is 396 g/mol. The maximum absolute atomic E-state index is 12.5. The smallest absolute Gasteiger partial charge is 0.223 e. The summed E-state index contributed by atoms with van der Waals surface area (Å²) in [5.41, 5.74) is 0. The van der Waals surface area contributed by atoms with E-state index in [0.717, 1.165) is 45.0 Å². The lowest BCUT2D eigenvalue weighted by atomic mass is 9.88. The normalized spacial score (nSPS) is 21.8. The fourth-order valence-corrected chi connectivity index (χ4v) is 3.55. The average Bonchev–Trinajstić information content (AvgIpc) is 2.97. The van der Waals surface area contributed by atoms with Crippen molar-refractivity contribution in [2.24, 2.45) is 23.7 Å². The highest BCUT2D eigenvalue weighted by molar-refractivity contribution is 5.81. The minimum atomic E-state index is -0.382. The van der Waals surface area contributed by atoms with Gasteiger partial charge in [-0.25, -0.2) is 0 Å². The van der Waals surface area contributed by atoms with Crippen LogP contribution >= 0.6 is 0 Å². The van der Waals surface area contributed by atoms with Crippen molar-refractivity contribution in [2.45, 2.75) is 86.1 Å². The minimum absolute atomic E-state index is 0.0705. The molecule has 0 aromatic carbocycles. The predicted molar refractivity (Wildman–Crippen MR) is 120 cm³/mol. The summed E-state index contributed by atoms with van der Waals surface area (Å²) in [5.74, 6) is 1.84. The van der Waals surface area contributed by atoms with Crippen LogP contribution in [0.1, 0.15) is 80.1 Å². The SMILES string of the molecule is C/C=C\C=C/C(C)C[C@H](C=O)NC(=O)C1CCCC(C(C)C)CC1.CC.CO. The zero-order valence-corrected chi connectivity index (χ0v) is 19.3. The first-order valence-electron chi connectivity index (χ1n) is 11.0. The van der Waals surface area contributed by atoms with Crippen LogP contribution in [0, 0.1) is 23.7 Å². The number of aliphatic hydroxyl groups excluding tert-OH is 1. The fourth-order valence-electron chi connectivity index (χ4n) is 3.55. The molecular formula is C24H45NO3. The van der Waals surface area contributed by atoms with Gasteiger partial charge in [-0.3, -0.25) is 4.79 Å². The van der Waals surface area contributed by atoms with Gasteiger partial charge in [0.15, 0.2) is 0 Å². The molecule has 164 valence electrons. The summed E-state index contributed by atoms with van der Waals surface area (Å²) in [7, 11) is 1.00. The van der Waals surface area contributed by atoms with E-state index >= 15 is 0 Å². The first kappa shape index (κ1) is 28.8. The van der Waals surface area contributed by atoms with Crippen LogP contribution in [0.5, 0.6) is 0 Å². The van der Waals surface area contributed by atoms with Crippen LogP contribution in [-0.2, 0) is 9.59 Å². The second-order valence-corrected chi connectivity index (χ2v) is 7.58. The molecule has 1 fully saturated rings. The van der Waals surface area contributed by atoms with Gasteiger partial charge in [0.1, 0.15) is 6.29 Å². The standard InChI is InChI=1S/C21H35NO2.C2H6.CH4O/c1-5-6-7-9-17(4)14-20(15-23)22-21(24)19-11-8-10-18(12-13-19)16(2)3;2*1-2/h5-7,9,15-20H,8,10-14H2,1-4H3,(H,22,24);1-2H3;2H,1H3/b6-5-,9-7-;;/t17?,18?,19?,20-;;/m1../s1. The van der Waals surface area contributed by atoms with Gasteiger partial charge in [-0.15, -0.1) is 0 Å². The molecule has 1 amide bonds. The van der Waals surface area contributed by atoms with Crippen LogP contribution in [-0.4, -0.2) is 30.5 Å². The zero-order valence-electron chi connectivity index (χ0n) is 19.3. The number of carbonyl (C=O) groups excluding carboxylic acids is 2. The molecule has 1 aliphatic rings. The highest BCUT2D eigenvalue weighted by Crippen LogP contribution is 2.31. The quantitative estimate of drug-likeness (QED) is 0.332. The van der Waals surface area contributed by atoms with E-state index in [0.29, 0.717) is 12.3 Å². The predicted octanol–water partition coefficient (Wildman–Crippen LogP) is 5.32. The molecule has 1 saturated carbocycles. The van der Waals surface area contributed by atoms with E-state index in [-0.39, 0.29) is 23.8 Å². The molecule has 1 aliphatic carbocycles. The molecule has 0 aromatic heterocycles. The van der Waals surface area contributed by atoms with Gasteiger partial charge in [-0.05, 0) is 50.4 Å². The van der Waals surface area contributed by atoms with E-state index < -0.39 is 0 Å². The van der Waals surface area contributed by atoms with Gasteiger partial charge in [0.25, 0.3) is 0 Å². The number of allylic oxidation sites excluding steroid dienone is 4. The monoisotopic (exact) mass is 395 g/mol. The molecule has 4 nitrogen and oxygen atoms in total. The van der Waals surface area contributed by atoms with Gasteiger partial charge in [-0.2, -0.15) is 0 Å². The van der Waals surface area contributed by atoms with Crippen molar-refractivity contribution in [1.29, 1.82) is 0 Å². The maximum Gasteiger partial charge on any atom is 0.223 e. The number of nitrogens with one attached hydrogen (secondary N) is 1. The van der Waals surface area contributed by atoms with Crippen molar-refractivity contribution >= 4 is 12.2 Å². The summed E-state index contributed by atoms with van der Waals surface area (Å²) in [4.78, 5) is 23.9. The van der Waals surface area contributed by atoms with E-state index in [1.54, 1.807) is 0 Å². The lowest BCUT2D eigenvalue weighted by Gasteiger charge is -2.20. The Bertz CT molecular complexity index is 443. The Labute approximate surface area is 173 Å². The third kappa shape index (κ3) is 12.9. The molecule has 3 unspecified atom stereocenters. The van der Waals surface area contributed by atoms with Crippen molar-refractivity contribution in [1.82, 2.24) is 5.32 Å². The highest BCUT2D eigenvalue weighted by atomic mass is 16.2. The van der Waals surface area contributed by atoms with Gasteiger partial charge in [0.2, 0.25) is 5.91 Å². The summed E-state index contributed by atoms with van der Waals surface area (Å²) >= 11 is 0. The molecule has 0 spiro atoms. The molecule has 0 aromatic rings. The first-order valence-corrected chi connectivity index (χ1v) is 11.0. The largest absolute Gasteiger partial charge is 0.400 e. The van der Waals surface area contributed by atoms with Crippen LogP contribution in [0.25, 0.3) is 0 Å². The Kier molecular flexibility index (Phi) is 19.5. The Balaban J connectivity index is 0. The number of rotatable bonds is 8. The molecule has 1 rings (SSSR count). The number of hydrogen-bond donors (Lipinski definition) is 2. The number of aldehydes is 1. The van der Waals surface area contributed by atoms with Crippen molar-refractivity contribution in [3.05, 3.63) is 24.3 Å². The summed E-state index contributed by atoms with van der Waals surface area (Å²) in [6.45, 7) is 12.6. The van der Waals surface area contributed by atoms with Crippen LogP contribution < -0.4 is 5.32 Å². The second-order valence-electron chi connectivity index (χ2n) is 7.58. The molecule has 0 radical (unpaired) electrons. The van der Waals surface area contributed by atoms with Crippen molar-refractivity contribution in [3.63, 3.8) is 0 Å². The highest BCUT2D eigenvalue weighted by Gasteiger charge is 2.26.